The van der Waals surface area contributed by atoms with Gasteiger partial charge in [0.25, 0.3) is 0 Å². The highest BCUT2D eigenvalue weighted by Gasteiger charge is 2.28. The predicted octanol–water partition coefficient (Wildman–Crippen LogP) is 4.11. The maximum Gasteiger partial charge on any atom is 0.128 e. The van der Waals surface area contributed by atoms with Crippen molar-refractivity contribution in [1.29, 1.82) is 0 Å². The van der Waals surface area contributed by atoms with E-state index in [4.69, 9.17) is 11.6 Å². The third-order valence-corrected chi connectivity index (χ3v) is 5.12. The summed E-state index contributed by atoms with van der Waals surface area (Å²) in [5.74, 6) is -0.184. The average Bonchev–Trinajstić information content (AvgIpc) is 3.18. The molecule has 1 fully saturated rings. The van der Waals surface area contributed by atoms with Gasteiger partial charge in [-0.05, 0) is 24.3 Å². The molecule has 0 bridgehead atoms. The smallest absolute Gasteiger partial charge is 0.128 e. The molecule has 0 radical (unpaired) electrons. The van der Waals surface area contributed by atoms with E-state index >= 15 is 0 Å². The fraction of sp³-hybridized carbons (Fsp3) is 0.250. The summed E-state index contributed by atoms with van der Waals surface area (Å²) in [6.07, 6.45) is 3.63. The van der Waals surface area contributed by atoms with Crippen LogP contribution >= 0.6 is 11.6 Å². The molecule has 1 saturated heterocycles. The van der Waals surface area contributed by atoms with Gasteiger partial charge in [-0.2, -0.15) is 5.10 Å². The minimum atomic E-state index is -0.184. The summed E-state index contributed by atoms with van der Waals surface area (Å²) in [6.45, 7) is 3.39. The summed E-state index contributed by atoms with van der Waals surface area (Å²) in [4.78, 5) is 4.63. The second-order valence-corrected chi connectivity index (χ2v) is 6.90. The largest absolute Gasteiger partial charge is 0.369 e. The maximum absolute atomic E-state index is 14.5. The molecule has 1 N–H and O–H groups in total. The van der Waals surface area contributed by atoms with Gasteiger partial charge in [-0.1, -0.05) is 35.9 Å². The molecule has 3 aromatic rings. The Hall–Kier alpha value is -2.37. The van der Waals surface area contributed by atoms with Gasteiger partial charge < -0.3 is 4.90 Å². The van der Waals surface area contributed by atoms with Gasteiger partial charge in [0.1, 0.15) is 5.82 Å². The Labute approximate surface area is 157 Å². The van der Waals surface area contributed by atoms with Crippen molar-refractivity contribution < 1.29 is 4.39 Å². The molecule has 2 aromatic carbocycles. The number of aromatic nitrogens is 2. The van der Waals surface area contributed by atoms with Crippen LogP contribution in [-0.2, 0) is 0 Å². The molecule has 6 heteroatoms. The van der Waals surface area contributed by atoms with Crippen LogP contribution in [0.1, 0.15) is 17.2 Å². The average molecular weight is 371 g/mol. The highest BCUT2D eigenvalue weighted by atomic mass is 35.5. The molecule has 0 aliphatic carbocycles. The van der Waals surface area contributed by atoms with Gasteiger partial charge in [-0.25, -0.2) is 4.39 Å². The van der Waals surface area contributed by atoms with E-state index in [0.29, 0.717) is 5.56 Å². The predicted molar refractivity (Wildman–Crippen MR) is 102 cm³/mol. The van der Waals surface area contributed by atoms with E-state index in [1.54, 1.807) is 12.3 Å². The first-order valence-corrected chi connectivity index (χ1v) is 9.08. The van der Waals surface area contributed by atoms with Crippen molar-refractivity contribution in [3.63, 3.8) is 0 Å². The van der Waals surface area contributed by atoms with Gasteiger partial charge in [0, 0.05) is 54.2 Å². The van der Waals surface area contributed by atoms with Crippen LogP contribution in [-0.4, -0.2) is 41.3 Å². The number of aromatic amines is 1. The topological polar surface area (TPSA) is 35.2 Å². The molecule has 0 amide bonds. The number of piperazine rings is 1. The fourth-order valence-electron chi connectivity index (χ4n) is 3.61. The Bertz CT molecular complexity index is 860. The molecule has 26 heavy (non-hydrogen) atoms. The molecule has 1 unspecified atom stereocenters. The zero-order valence-electron chi connectivity index (χ0n) is 14.3. The van der Waals surface area contributed by atoms with Crippen LogP contribution in [0.2, 0.25) is 5.02 Å². The van der Waals surface area contributed by atoms with E-state index in [1.165, 1.54) is 6.07 Å². The van der Waals surface area contributed by atoms with Gasteiger partial charge in [-0.15, -0.1) is 0 Å². The van der Waals surface area contributed by atoms with Gasteiger partial charge in [-0.3, -0.25) is 10.00 Å². The van der Waals surface area contributed by atoms with Crippen molar-refractivity contribution in [2.24, 2.45) is 0 Å². The van der Waals surface area contributed by atoms with Gasteiger partial charge in [0.05, 0.1) is 12.2 Å². The molecule has 0 saturated carbocycles. The molecule has 134 valence electrons. The van der Waals surface area contributed by atoms with Gasteiger partial charge in [0.2, 0.25) is 0 Å². The molecule has 4 rings (SSSR count). The Morgan fingerprint density at radius 1 is 1.04 bits per heavy atom. The molecular formula is C20H20ClFN4. The number of nitrogens with one attached hydrogen (secondary N) is 1. The summed E-state index contributed by atoms with van der Waals surface area (Å²) >= 11 is 6.12. The quantitative estimate of drug-likeness (QED) is 0.750. The van der Waals surface area contributed by atoms with E-state index < -0.39 is 0 Å². The third-order valence-electron chi connectivity index (χ3n) is 4.89. The van der Waals surface area contributed by atoms with Crippen LogP contribution < -0.4 is 4.90 Å². The van der Waals surface area contributed by atoms with Crippen molar-refractivity contribution in [2.45, 2.75) is 6.04 Å². The zero-order valence-corrected chi connectivity index (χ0v) is 15.0. The fourth-order valence-corrected chi connectivity index (χ4v) is 3.79. The lowest BCUT2D eigenvalue weighted by atomic mass is 9.98. The normalized spacial score (nSPS) is 16.6. The van der Waals surface area contributed by atoms with E-state index in [1.807, 2.05) is 36.5 Å². The van der Waals surface area contributed by atoms with Crippen LogP contribution in [0, 0.1) is 5.82 Å². The summed E-state index contributed by atoms with van der Waals surface area (Å²) in [5, 5.41) is 7.66. The van der Waals surface area contributed by atoms with Crippen LogP contribution in [0.15, 0.2) is 60.9 Å². The Balaban J connectivity index is 1.56. The number of hydrogen-bond acceptors (Lipinski definition) is 3. The lowest BCUT2D eigenvalue weighted by Gasteiger charge is -2.40. The maximum atomic E-state index is 14.5. The lowest BCUT2D eigenvalue weighted by molar-refractivity contribution is 0.209. The number of nitrogens with zero attached hydrogens (tertiary/aromatic N) is 3. The molecule has 1 aromatic heterocycles. The lowest BCUT2D eigenvalue weighted by Crippen LogP contribution is -2.48. The van der Waals surface area contributed by atoms with Crippen LogP contribution in [0.4, 0.5) is 10.1 Å². The van der Waals surface area contributed by atoms with Crippen molar-refractivity contribution in [3.8, 4) is 0 Å². The number of H-pyrrole nitrogens is 1. The van der Waals surface area contributed by atoms with Crippen LogP contribution in [0.5, 0.6) is 0 Å². The van der Waals surface area contributed by atoms with E-state index in [0.717, 1.165) is 42.5 Å². The molecule has 4 nitrogen and oxygen atoms in total. The van der Waals surface area contributed by atoms with E-state index in [-0.39, 0.29) is 11.9 Å². The third kappa shape index (κ3) is 3.45. The van der Waals surface area contributed by atoms with Gasteiger partial charge in [0.15, 0.2) is 0 Å². The summed E-state index contributed by atoms with van der Waals surface area (Å²) in [7, 11) is 0. The summed E-state index contributed by atoms with van der Waals surface area (Å²) in [6, 6.07) is 14.8. The molecule has 2 heterocycles. The molecule has 1 aliphatic rings. The molecular weight excluding hydrogens is 351 g/mol. The molecule has 1 atom stereocenters. The van der Waals surface area contributed by atoms with Crippen molar-refractivity contribution in [3.05, 3.63) is 82.9 Å². The first-order valence-electron chi connectivity index (χ1n) is 8.70. The molecule has 1 aliphatic heterocycles. The number of hydrogen-bond donors (Lipinski definition) is 1. The number of anilines is 1. The number of halogens is 2. The van der Waals surface area contributed by atoms with Crippen molar-refractivity contribution in [2.75, 3.05) is 31.1 Å². The second kappa shape index (κ2) is 7.48. The van der Waals surface area contributed by atoms with Crippen LogP contribution in [0.25, 0.3) is 0 Å². The Kier molecular flexibility index (Phi) is 4.91. The number of benzene rings is 2. The standard InChI is InChI=1S/C20H20ClFN4/c21-16-4-3-5-17(12-16)25-8-10-26(11-9-25)20(15-13-23-24-14-15)18-6-1-2-7-19(18)22/h1-7,12-14,20H,8-11H2,(H,23,24). The van der Waals surface area contributed by atoms with E-state index in [2.05, 4.69) is 26.1 Å². The van der Waals surface area contributed by atoms with Crippen molar-refractivity contribution in [1.82, 2.24) is 15.1 Å². The minimum absolute atomic E-state index is 0.142. The van der Waals surface area contributed by atoms with Crippen LogP contribution in [0.3, 0.4) is 0 Å². The van der Waals surface area contributed by atoms with Crippen molar-refractivity contribution >= 4 is 17.3 Å². The zero-order chi connectivity index (χ0) is 17.9. The minimum Gasteiger partial charge on any atom is -0.369 e. The monoisotopic (exact) mass is 370 g/mol. The first-order chi connectivity index (χ1) is 12.7. The highest BCUT2D eigenvalue weighted by molar-refractivity contribution is 6.30. The summed E-state index contributed by atoms with van der Waals surface area (Å²) in [5.41, 5.74) is 2.79. The van der Waals surface area contributed by atoms with Gasteiger partial charge >= 0.3 is 0 Å². The summed E-state index contributed by atoms with van der Waals surface area (Å²) < 4.78 is 14.5. The van der Waals surface area contributed by atoms with E-state index in [9.17, 15) is 4.39 Å². The highest BCUT2D eigenvalue weighted by Crippen LogP contribution is 2.31. The number of rotatable bonds is 4. The molecule has 0 spiro atoms. The SMILES string of the molecule is Fc1ccccc1C(c1cn[nH]c1)N1CCN(c2cccc(Cl)c2)CC1. The Morgan fingerprint density at radius 2 is 1.85 bits per heavy atom. The second-order valence-electron chi connectivity index (χ2n) is 6.46. The Morgan fingerprint density at radius 3 is 2.54 bits per heavy atom. The first kappa shape index (κ1) is 17.1.